The average molecular weight is 415 g/mol. The quantitative estimate of drug-likeness (QED) is 0.707. The molecule has 1 aromatic rings. The summed E-state index contributed by atoms with van der Waals surface area (Å²) >= 11 is 0. The Morgan fingerprint density at radius 2 is 1.50 bits per heavy atom. The number of esters is 1. The maximum absolute atomic E-state index is 13.2. The first-order valence-corrected chi connectivity index (χ1v) is 11.1. The van der Waals surface area contributed by atoms with Gasteiger partial charge in [-0.25, -0.2) is 0 Å². The van der Waals surface area contributed by atoms with Crippen LogP contribution in [-0.4, -0.2) is 53.8 Å². The van der Waals surface area contributed by atoms with E-state index >= 15 is 0 Å². The number of likely N-dealkylation sites (tertiary alicyclic amines) is 2. The second-order valence-electron chi connectivity index (χ2n) is 9.43. The van der Waals surface area contributed by atoms with Crippen molar-refractivity contribution in [1.29, 1.82) is 0 Å². The molecule has 2 aliphatic heterocycles. The molecule has 2 aliphatic rings. The van der Waals surface area contributed by atoms with Crippen LogP contribution in [0.1, 0.15) is 64.5 Å². The van der Waals surface area contributed by atoms with Gasteiger partial charge in [0.25, 0.3) is 5.91 Å². The Bertz CT molecular complexity index is 742. The first-order chi connectivity index (χ1) is 14.3. The number of benzene rings is 1. The lowest BCUT2D eigenvalue weighted by molar-refractivity contribution is -0.166. The van der Waals surface area contributed by atoms with E-state index in [1.165, 1.54) is 0 Å². The third-order valence-electron chi connectivity index (χ3n) is 5.99. The van der Waals surface area contributed by atoms with Gasteiger partial charge >= 0.3 is 5.97 Å². The van der Waals surface area contributed by atoms with Crippen molar-refractivity contribution in [3.8, 4) is 0 Å². The highest BCUT2D eigenvalue weighted by molar-refractivity contribution is 5.86. The summed E-state index contributed by atoms with van der Waals surface area (Å²) in [7, 11) is 0. The highest BCUT2D eigenvalue weighted by atomic mass is 16.5. The van der Waals surface area contributed by atoms with Gasteiger partial charge in [0, 0.05) is 37.2 Å². The molecule has 0 N–H and O–H groups in total. The van der Waals surface area contributed by atoms with Crippen molar-refractivity contribution in [2.75, 3.05) is 26.2 Å². The molecule has 30 heavy (non-hydrogen) atoms. The van der Waals surface area contributed by atoms with Crippen LogP contribution in [-0.2, 0) is 19.1 Å². The number of nitrogens with zero attached hydrogens (tertiary/aromatic N) is 2. The summed E-state index contributed by atoms with van der Waals surface area (Å²) in [5.74, 6) is -0.641. The molecule has 0 radical (unpaired) electrons. The molecule has 3 rings (SSSR count). The summed E-state index contributed by atoms with van der Waals surface area (Å²) in [5, 5.41) is 0. The number of hydrogen-bond acceptors (Lipinski definition) is 4. The zero-order valence-corrected chi connectivity index (χ0v) is 18.4. The second-order valence-corrected chi connectivity index (χ2v) is 9.43. The van der Waals surface area contributed by atoms with E-state index in [-0.39, 0.29) is 23.7 Å². The molecule has 2 saturated heterocycles. The van der Waals surface area contributed by atoms with Crippen LogP contribution in [0.4, 0.5) is 0 Å². The van der Waals surface area contributed by atoms with E-state index in [4.69, 9.17) is 4.74 Å². The smallest absolute Gasteiger partial charge is 0.310 e. The molecule has 0 aliphatic carbocycles. The highest BCUT2D eigenvalue weighted by Crippen LogP contribution is 2.28. The first-order valence-electron chi connectivity index (χ1n) is 11.1. The number of rotatable bonds is 4. The molecule has 164 valence electrons. The Balaban J connectivity index is 1.65. The van der Waals surface area contributed by atoms with Crippen LogP contribution in [0, 0.1) is 11.3 Å². The van der Waals surface area contributed by atoms with Crippen molar-refractivity contribution in [2.45, 2.75) is 59.0 Å². The van der Waals surface area contributed by atoms with Gasteiger partial charge in [-0.15, -0.1) is 0 Å². The van der Waals surface area contributed by atoms with Crippen LogP contribution < -0.4 is 0 Å². The Morgan fingerprint density at radius 3 is 2.07 bits per heavy atom. The first kappa shape index (κ1) is 22.3. The van der Waals surface area contributed by atoms with Crippen molar-refractivity contribution < 1.29 is 19.1 Å². The molecule has 2 fully saturated rings. The third kappa shape index (κ3) is 5.41. The predicted molar refractivity (Wildman–Crippen MR) is 114 cm³/mol. The van der Waals surface area contributed by atoms with E-state index in [1.54, 1.807) is 0 Å². The van der Waals surface area contributed by atoms with Gasteiger partial charge in [0.15, 0.2) is 0 Å². The molecular weight excluding hydrogens is 380 g/mol. The van der Waals surface area contributed by atoms with E-state index in [0.29, 0.717) is 44.6 Å². The minimum absolute atomic E-state index is 0.108. The van der Waals surface area contributed by atoms with Gasteiger partial charge in [0.2, 0.25) is 12.0 Å². The van der Waals surface area contributed by atoms with Gasteiger partial charge in [-0.2, -0.15) is 0 Å². The predicted octanol–water partition coefficient (Wildman–Crippen LogP) is 3.57. The van der Waals surface area contributed by atoms with Crippen molar-refractivity contribution in [1.82, 2.24) is 9.80 Å². The van der Waals surface area contributed by atoms with Crippen LogP contribution in [0.3, 0.4) is 0 Å². The van der Waals surface area contributed by atoms with Gasteiger partial charge in [0.05, 0.1) is 5.92 Å². The second kappa shape index (κ2) is 9.63. The van der Waals surface area contributed by atoms with Crippen LogP contribution >= 0.6 is 0 Å². The molecule has 0 bridgehead atoms. The number of amides is 2. The number of ether oxygens (including phenoxy) is 1. The van der Waals surface area contributed by atoms with Crippen LogP contribution in [0.2, 0.25) is 0 Å². The Hall–Kier alpha value is -2.37. The maximum atomic E-state index is 13.2. The highest BCUT2D eigenvalue weighted by Gasteiger charge is 2.36. The lowest BCUT2D eigenvalue weighted by atomic mass is 9.91. The summed E-state index contributed by atoms with van der Waals surface area (Å²) in [6.07, 6.45) is 3.35. The summed E-state index contributed by atoms with van der Waals surface area (Å²) in [5.41, 5.74) is 0.286. The third-order valence-corrected chi connectivity index (χ3v) is 5.99. The minimum atomic E-state index is -0.897. The lowest BCUT2D eigenvalue weighted by Gasteiger charge is -2.35. The SMILES string of the molecule is CC(C)(C)C(=O)N1CCC(C(=O)OC(C(=O)N2CCCCC2)c2ccccc2)CC1. The van der Waals surface area contributed by atoms with E-state index in [0.717, 1.165) is 19.3 Å². The topological polar surface area (TPSA) is 66.9 Å². The molecule has 0 spiro atoms. The molecule has 1 unspecified atom stereocenters. The zero-order chi connectivity index (χ0) is 21.7. The minimum Gasteiger partial charge on any atom is -0.447 e. The molecule has 0 aromatic heterocycles. The van der Waals surface area contributed by atoms with Crippen LogP contribution in [0.5, 0.6) is 0 Å². The number of carbonyl (C=O) groups is 3. The molecule has 6 heteroatoms. The summed E-state index contributed by atoms with van der Waals surface area (Å²) in [6, 6.07) is 9.27. The lowest BCUT2D eigenvalue weighted by Crippen LogP contribution is -2.46. The standard InChI is InChI=1S/C24H34N2O4/c1-24(2,3)23(29)26-16-12-19(13-17-26)22(28)30-20(18-10-6-4-7-11-18)21(27)25-14-8-5-9-15-25/h4,6-7,10-11,19-20H,5,8-9,12-17H2,1-3H3. The van der Waals surface area contributed by atoms with Crippen LogP contribution in [0.15, 0.2) is 30.3 Å². The van der Waals surface area contributed by atoms with E-state index in [2.05, 4.69) is 0 Å². The average Bonchev–Trinajstić information content (AvgIpc) is 2.77. The molecule has 1 aromatic carbocycles. The Kier molecular flexibility index (Phi) is 7.16. The largest absolute Gasteiger partial charge is 0.447 e. The summed E-state index contributed by atoms with van der Waals surface area (Å²) < 4.78 is 5.82. The van der Waals surface area contributed by atoms with Crippen molar-refractivity contribution in [3.63, 3.8) is 0 Å². The summed E-state index contributed by atoms with van der Waals surface area (Å²) in [4.78, 5) is 42.2. The maximum Gasteiger partial charge on any atom is 0.310 e. The fraction of sp³-hybridized carbons (Fsp3) is 0.625. The van der Waals surface area contributed by atoms with Gasteiger partial charge in [-0.05, 0) is 32.1 Å². The molecule has 6 nitrogen and oxygen atoms in total. The van der Waals surface area contributed by atoms with Gasteiger partial charge < -0.3 is 14.5 Å². The van der Waals surface area contributed by atoms with Crippen LogP contribution in [0.25, 0.3) is 0 Å². The van der Waals surface area contributed by atoms with E-state index < -0.39 is 11.5 Å². The molecule has 2 heterocycles. The summed E-state index contributed by atoms with van der Waals surface area (Å²) in [6.45, 7) is 8.25. The molecule has 0 saturated carbocycles. The van der Waals surface area contributed by atoms with Gasteiger partial charge in [0.1, 0.15) is 0 Å². The Labute approximate surface area is 179 Å². The number of piperidine rings is 2. The van der Waals surface area contributed by atoms with Gasteiger partial charge in [-0.3, -0.25) is 14.4 Å². The molecule has 1 atom stereocenters. The normalized spacial score (nSPS) is 19.3. The Morgan fingerprint density at radius 1 is 0.900 bits per heavy atom. The molecular formula is C24H34N2O4. The van der Waals surface area contributed by atoms with Crippen molar-refractivity contribution in [2.24, 2.45) is 11.3 Å². The van der Waals surface area contributed by atoms with E-state index in [1.807, 2.05) is 60.9 Å². The fourth-order valence-electron chi connectivity index (χ4n) is 4.17. The number of hydrogen-bond donors (Lipinski definition) is 0. The van der Waals surface area contributed by atoms with E-state index in [9.17, 15) is 14.4 Å². The van der Waals surface area contributed by atoms with Crippen molar-refractivity contribution in [3.05, 3.63) is 35.9 Å². The molecule has 2 amide bonds. The fourth-order valence-corrected chi connectivity index (χ4v) is 4.17. The van der Waals surface area contributed by atoms with Gasteiger partial charge in [-0.1, -0.05) is 51.1 Å². The monoisotopic (exact) mass is 414 g/mol. The zero-order valence-electron chi connectivity index (χ0n) is 18.4. The van der Waals surface area contributed by atoms with Crippen molar-refractivity contribution >= 4 is 17.8 Å². The number of carbonyl (C=O) groups excluding carboxylic acids is 3.